The second-order valence-electron chi connectivity index (χ2n) is 5.32. The molecule has 4 aromatic rings. The van der Waals surface area contributed by atoms with Gasteiger partial charge in [-0.1, -0.05) is 42.5 Å². The Morgan fingerprint density at radius 1 is 0.739 bits per heavy atom. The van der Waals surface area contributed by atoms with Crippen molar-refractivity contribution in [1.82, 2.24) is 0 Å². The molecule has 0 atom stereocenters. The topological polar surface area (TPSA) is 48.6 Å². The summed E-state index contributed by atoms with van der Waals surface area (Å²) in [5.41, 5.74) is 3.35. The summed E-state index contributed by atoms with van der Waals surface area (Å²) in [4.78, 5) is 11.6. The van der Waals surface area contributed by atoms with Crippen molar-refractivity contribution in [3.63, 3.8) is 0 Å². The van der Waals surface area contributed by atoms with E-state index in [0.29, 0.717) is 5.56 Å². The van der Waals surface area contributed by atoms with Gasteiger partial charge in [0.2, 0.25) is 0 Å². The lowest BCUT2D eigenvalue weighted by atomic mass is 9.93. The van der Waals surface area contributed by atoms with E-state index in [0.717, 1.165) is 27.5 Å². The fourth-order valence-electron chi connectivity index (χ4n) is 2.97. The molecule has 3 heteroatoms. The number of hydrogen-bond donors (Lipinski definition) is 1. The Labute approximate surface area is 132 Å². The lowest BCUT2D eigenvalue weighted by molar-refractivity contribution is 0.0698. The first-order valence-electron chi connectivity index (χ1n) is 7.32. The molecule has 0 unspecified atom stereocenters. The van der Waals surface area contributed by atoms with Crippen molar-refractivity contribution in [2.75, 3.05) is 0 Å². The van der Waals surface area contributed by atoms with Crippen LogP contribution in [0.1, 0.15) is 10.4 Å². The maximum atomic E-state index is 11.6. The van der Waals surface area contributed by atoms with Crippen molar-refractivity contribution < 1.29 is 14.3 Å². The number of hydrogen-bond acceptors (Lipinski definition) is 1. The number of rotatable bonds is 2. The van der Waals surface area contributed by atoms with Gasteiger partial charge in [0, 0.05) is 17.7 Å². The molecule has 0 saturated carbocycles. The van der Waals surface area contributed by atoms with Gasteiger partial charge in [-0.2, -0.15) is 0 Å². The molecule has 0 spiro atoms. The highest BCUT2D eigenvalue weighted by Gasteiger charge is 2.22. The van der Waals surface area contributed by atoms with Crippen LogP contribution in [0, 0.1) is 0 Å². The van der Waals surface area contributed by atoms with Crippen LogP contribution in [0.15, 0.2) is 77.2 Å². The van der Waals surface area contributed by atoms with Crippen molar-refractivity contribution in [1.29, 1.82) is 0 Å². The monoisotopic (exact) mass is 301 g/mol. The molecule has 0 bridgehead atoms. The first-order chi connectivity index (χ1) is 11.3. The summed E-state index contributed by atoms with van der Waals surface area (Å²) in [7, 11) is 0. The Bertz CT molecular complexity index is 997. The van der Waals surface area contributed by atoms with Crippen LogP contribution in [0.5, 0.6) is 0 Å². The van der Waals surface area contributed by atoms with Gasteiger partial charge in [0.1, 0.15) is 0 Å². The van der Waals surface area contributed by atoms with Gasteiger partial charge in [-0.05, 0) is 23.8 Å². The number of carboxylic acids is 1. The van der Waals surface area contributed by atoms with Gasteiger partial charge < -0.3 is 5.11 Å². The summed E-state index contributed by atoms with van der Waals surface area (Å²) in [6.45, 7) is 0. The van der Waals surface area contributed by atoms with Crippen LogP contribution in [-0.2, 0) is 0 Å². The summed E-state index contributed by atoms with van der Waals surface area (Å²) < 4.78 is 5.96. The molecule has 3 aromatic carbocycles. The van der Waals surface area contributed by atoms with E-state index < -0.39 is 5.97 Å². The van der Waals surface area contributed by atoms with E-state index >= 15 is 0 Å². The molecule has 1 heterocycles. The Balaban J connectivity index is 2.23. The lowest BCUT2D eigenvalue weighted by Gasteiger charge is -2.08. The van der Waals surface area contributed by atoms with Crippen LogP contribution in [0.4, 0.5) is 0 Å². The maximum absolute atomic E-state index is 11.6. The first kappa shape index (κ1) is 13.5. The molecule has 110 valence electrons. The molecule has 0 amide bonds. The average molecular weight is 301 g/mol. The van der Waals surface area contributed by atoms with Crippen molar-refractivity contribution in [2.45, 2.75) is 0 Å². The Hall–Kier alpha value is -3.20. The van der Waals surface area contributed by atoms with Crippen LogP contribution in [0.25, 0.3) is 33.1 Å². The molecule has 1 aromatic heterocycles. The van der Waals surface area contributed by atoms with E-state index in [9.17, 15) is 9.90 Å². The van der Waals surface area contributed by atoms with Crippen LogP contribution < -0.4 is 0 Å². The number of carboxylic acid groups (broad SMARTS) is 1. The van der Waals surface area contributed by atoms with E-state index in [1.807, 2.05) is 60.7 Å². The highest BCUT2D eigenvalue weighted by Crippen LogP contribution is 2.37. The van der Waals surface area contributed by atoms with Crippen LogP contribution in [0.2, 0.25) is 0 Å². The number of para-hydroxylation sites is 2. The minimum Gasteiger partial charge on any atom is -0.478 e. The van der Waals surface area contributed by atoms with Gasteiger partial charge >= 0.3 is 17.1 Å². The van der Waals surface area contributed by atoms with Crippen LogP contribution >= 0.6 is 0 Å². The van der Waals surface area contributed by atoms with E-state index in [4.69, 9.17) is 4.42 Å². The van der Waals surface area contributed by atoms with Gasteiger partial charge in [-0.15, -0.1) is 0 Å². The van der Waals surface area contributed by atoms with E-state index in [2.05, 4.69) is 0 Å². The highest BCUT2D eigenvalue weighted by molar-refractivity contribution is 6.11. The minimum atomic E-state index is -0.936. The summed E-state index contributed by atoms with van der Waals surface area (Å²) >= 11 is 0. The highest BCUT2D eigenvalue weighted by atomic mass is 16.4. The quantitative estimate of drug-likeness (QED) is 0.407. The number of fused-ring (bicyclic) bond motifs is 2. The molecule has 0 aliphatic carbocycles. The standard InChI is InChI=1S/C20H12O3/c21-20(22)14-8-2-1-7-13(14)19-15-9-3-5-11-17(15)23-18-12-6-4-10-16(18)19/h1-12H/p+1. The molecule has 0 saturated heterocycles. The summed E-state index contributed by atoms with van der Waals surface area (Å²) in [6.07, 6.45) is 0. The third kappa shape index (κ3) is 2.14. The smallest absolute Gasteiger partial charge is 0.361 e. The second-order valence-corrected chi connectivity index (χ2v) is 5.32. The van der Waals surface area contributed by atoms with E-state index in [1.165, 1.54) is 0 Å². The van der Waals surface area contributed by atoms with Crippen LogP contribution in [0.3, 0.4) is 0 Å². The maximum Gasteiger partial charge on any atom is 0.361 e. The summed E-state index contributed by atoms with van der Waals surface area (Å²) in [5, 5.41) is 11.4. The zero-order valence-corrected chi connectivity index (χ0v) is 12.2. The molecular formula is C20H13O3+. The molecule has 0 radical (unpaired) electrons. The zero-order chi connectivity index (χ0) is 15.8. The van der Waals surface area contributed by atoms with E-state index in [1.54, 1.807) is 12.1 Å². The summed E-state index contributed by atoms with van der Waals surface area (Å²) in [5.74, 6) is -0.936. The fraction of sp³-hybridized carbons (Fsp3) is 0. The Kier molecular flexibility index (Phi) is 3.05. The Morgan fingerprint density at radius 3 is 1.87 bits per heavy atom. The van der Waals surface area contributed by atoms with Crippen molar-refractivity contribution >= 4 is 27.9 Å². The number of aromatic carboxylic acids is 1. The number of benzene rings is 3. The molecule has 0 fully saturated rings. The molecular weight excluding hydrogens is 288 g/mol. The predicted molar refractivity (Wildman–Crippen MR) is 90.5 cm³/mol. The first-order valence-corrected chi connectivity index (χ1v) is 7.32. The molecule has 1 N–H and O–H groups in total. The Morgan fingerprint density at radius 2 is 1.26 bits per heavy atom. The molecule has 23 heavy (non-hydrogen) atoms. The van der Waals surface area contributed by atoms with Crippen LogP contribution in [-0.4, -0.2) is 11.1 Å². The van der Waals surface area contributed by atoms with Gasteiger partial charge in [0.05, 0.1) is 16.3 Å². The molecule has 4 rings (SSSR count). The zero-order valence-electron chi connectivity index (χ0n) is 12.2. The van der Waals surface area contributed by atoms with Gasteiger partial charge in [0.25, 0.3) is 0 Å². The van der Waals surface area contributed by atoms with Crippen molar-refractivity contribution in [3.05, 3.63) is 78.4 Å². The lowest BCUT2D eigenvalue weighted by Crippen LogP contribution is -1.99. The average Bonchev–Trinajstić information content (AvgIpc) is 2.59. The van der Waals surface area contributed by atoms with Gasteiger partial charge in [-0.3, -0.25) is 0 Å². The van der Waals surface area contributed by atoms with Gasteiger partial charge in [0.15, 0.2) is 0 Å². The minimum absolute atomic E-state index is 0.286. The normalized spacial score (nSPS) is 11.0. The predicted octanol–water partition coefficient (Wildman–Crippen LogP) is 5.23. The largest absolute Gasteiger partial charge is 0.478 e. The van der Waals surface area contributed by atoms with Crippen molar-refractivity contribution in [2.24, 2.45) is 0 Å². The molecule has 3 nitrogen and oxygen atoms in total. The third-order valence-corrected chi connectivity index (χ3v) is 3.96. The fourth-order valence-corrected chi connectivity index (χ4v) is 2.97. The third-order valence-electron chi connectivity index (χ3n) is 3.96. The second kappa shape index (κ2) is 5.21. The number of carbonyl (C=O) groups is 1. The molecule has 0 aliphatic rings. The SMILES string of the molecule is O=C(O)c1ccccc1-c1c2ccccc2[o+]c2ccccc12. The van der Waals surface area contributed by atoms with E-state index in [-0.39, 0.29) is 5.56 Å². The van der Waals surface area contributed by atoms with Gasteiger partial charge in [-0.25, -0.2) is 9.21 Å². The summed E-state index contributed by atoms with van der Waals surface area (Å²) in [6, 6.07) is 22.5. The molecule has 0 aliphatic heterocycles. The van der Waals surface area contributed by atoms with Crippen molar-refractivity contribution in [3.8, 4) is 11.1 Å².